The zero-order valence-corrected chi connectivity index (χ0v) is 15.5. The molecule has 3 rings (SSSR count). The second kappa shape index (κ2) is 8.30. The highest BCUT2D eigenvalue weighted by Gasteiger charge is 2.31. The standard InChI is InChI=1S/C20H29NO4/c1-14-7-8-15(2)20(16(14)3)21(17-9-11-23-12-17)18(22)13-25-19-6-4-5-10-24-19/h7-8,17,19H,4-6,9-13H2,1-3H3. The summed E-state index contributed by atoms with van der Waals surface area (Å²) in [6, 6.07) is 4.26. The molecule has 25 heavy (non-hydrogen) atoms. The van der Waals surface area contributed by atoms with Crippen LogP contribution in [0, 0.1) is 20.8 Å². The number of nitrogens with zero attached hydrogens (tertiary/aromatic N) is 1. The Morgan fingerprint density at radius 2 is 1.96 bits per heavy atom. The van der Waals surface area contributed by atoms with Gasteiger partial charge in [0, 0.05) is 13.2 Å². The van der Waals surface area contributed by atoms with Gasteiger partial charge < -0.3 is 19.1 Å². The van der Waals surface area contributed by atoms with Crippen LogP contribution in [-0.2, 0) is 19.0 Å². The number of benzene rings is 1. The van der Waals surface area contributed by atoms with E-state index in [0.29, 0.717) is 13.2 Å². The summed E-state index contributed by atoms with van der Waals surface area (Å²) in [5.74, 6) is -0.0125. The van der Waals surface area contributed by atoms with Gasteiger partial charge in [0.05, 0.1) is 18.3 Å². The molecule has 2 fully saturated rings. The van der Waals surface area contributed by atoms with Crippen LogP contribution in [0.15, 0.2) is 12.1 Å². The monoisotopic (exact) mass is 347 g/mol. The van der Waals surface area contributed by atoms with Gasteiger partial charge >= 0.3 is 0 Å². The predicted octanol–water partition coefficient (Wildman–Crippen LogP) is 3.28. The summed E-state index contributed by atoms with van der Waals surface area (Å²) < 4.78 is 16.9. The first-order valence-corrected chi connectivity index (χ1v) is 9.27. The summed E-state index contributed by atoms with van der Waals surface area (Å²) >= 11 is 0. The first-order chi connectivity index (χ1) is 12.1. The number of hydrogen-bond acceptors (Lipinski definition) is 4. The zero-order chi connectivity index (χ0) is 17.8. The molecule has 2 aliphatic heterocycles. The van der Waals surface area contributed by atoms with E-state index in [1.165, 1.54) is 5.56 Å². The maximum absolute atomic E-state index is 13.1. The average Bonchev–Trinajstić information content (AvgIpc) is 3.15. The summed E-state index contributed by atoms with van der Waals surface area (Å²) in [6.07, 6.45) is 3.64. The van der Waals surface area contributed by atoms with Crippen molar-refractivity contribution < 1.29 is 19.0 Å². The van der Waals surface area contributed by atoms with E-state index in [-0.39, 0.29) is 24.8 Å². The molecule has 5 heteroatoms. The van der Waals surface area contributed by atoms with Crippen LogP contribution >= 0.6 is 0 Å². The second-order valence-corrected chi connectivity index (χ2v) is 7.06. The third kappa shape index (κ3) is 4.22. The SMILES string of the molecule is Cc1ccc(C)c(N(C(=O)COC2CCCCO2)C2CCOC2)c1C. The van der Waals surface area contributed by atoms with Gasteiger partial charge in [-0.2, -0.15) is 0 Å². The molecule has 1 amide bonds. The molecular weight excluding hydrogens is 318 g/mol. The van der Waals surface area contributed by atoms with Crippen molar-refractivity contribution in [2.24, 2.45) is 0 Å². The van der Waals surface area contributed by atoms with Crippen LogP contribution in [0.25, 0.3) is 0 Å². The Morgan fingerprint density at radius 1 is 1.16 bits per heavy atom. The molecule has 0 aromatic heterocycles. The maximum atomic E-state index is 13.1. The Bertz CT molecular complexity index is 604. The molecule has 5 nitrogen and oxygen atoms in total. The Morgan fingerprint density at radius 3 is 2.64 bits per heavy atom. The molecule has 0 spiro atoms. The highest BCUT2D eigenvalue weighted by atomic mass is 16.7. The molecule has 1 aromatic carbocycles. The summed E-state index contributed by atoms with van der Waals surface area (Å²) in [5.41, 5.74) is 4.45. The lowest BCUT2D eigenvalue weighted by Gasteiger charge is -2.32. The molecule has 138 valence electrons. The number of hydrogen-bond donors (Lipinski definition) is 0. The molecule has 2 aliphatic rings. The molecule has 0 N–H and O–H groups in total. The van der Waals surface area contributed by atoms with Crippen molar-refractivity contribution in [3.05, 3.63) is 28.8 Å². The quantitative estimate of drug-likeness (QED) is 0.820. The number of rotatable bonds is 5. The minimum atomic E-state index is -0.251. The predicted molar refractivity (Wildman–Crippen MR) is 96.9 cm³/mol. The molecule has 0 bridgehead atoms. The summed E-state index contributed by atoms with van der Waals surface area (Å²) in [5, 5.41) is 0. The van der Waals surface area contributed by atoms with Crippen LogP contribution in [0.5, 0.6) is 0 Å². The fourth-order valence-electron chi connectivity index (χ4n) is 3.62. The summed E-state index contributed by atoms with van der Waals surface area (Å²) in [7, 11) is 0. The highest BCUT2D eigenvalue weighted by molar-refractivity contribution is 5.96. The van der Waals surface area contributed by atoms with Gasteiger partial charge in [-0.25, -0.2) is 0 Å². The molecular formula is C20H29NO4. The van der Waals surface area contributed by atoms with Crippen molar-refractivity contribution in [1.29, 1.82) is 0 Å². The van der Waals surface area contributed by atoms with Gasteiger partial charge in [0.1, 0.15) is 6.61 Å². The van der Waals surface area contributed by atoms with Crippen molar-refractivity contribution >= 4 is 11.6 Å². The number of anilines is 1. The van der Waals surface area contributed by atoms with Crippen LogP contribution in [0.3, 0.4) is 0 Å². The van der Waals surface area contributed by atoms with Crippen LogP contribution in [0.1, 0.15) is 42.4 Å². The van der Waals surface area contributed by atoms with E-state index in [0.717, 1.165) is 49.1 Å². The number of carbonyl (C=O) groups excluding carboxylic acids is 1. The lowest BCUT2D eigenvalue weighted by Crippen LogP contribution is -2.44. The minimum absolute atomic E-state index is 0.0125. The van der Waals surface area contributed by atoms with Crippen LogP contribution < -0.4 is 4.90 Å². The second-order valence-electron chi connectivity index (χ2n) is 7.06. The van der Waals surface area contributed by atoms with E-state index in [1.54, 1.807) is 0 Å². The Labute approximate surface area is 150 Å². The van der Waals surface area contributed by atoms with E-state index in [4.69, 9.17) is 14.2 Å². The zero-order valence-electron chi connectivity index (χ0n) is 15.5. The molecule has 2 atom stereocenters. The van der Waals surface area contributed by atoms with Crippen LogP contribution in [-0.4, -0.2) is 44.7 Å². The molecule has 2 saturated heterocycles. The lowest BCUT2D eigenvalue weighted by atomic mass is 10.0. The van der Waals surface area contributed by atoms with Crippen LogP contribution in [0.2, 0.25) is 0 Å². The fourth-order valence-corrected chi connectivity index (χ4v) is 3.62. The number of aryl methyl sites for hydroxylation is 2. The van der Waals surface area contributed by atoms with Gasteiger partial charge in [-0.3, -0.25) is 4.79 Å². The molecule has 2 heterocycles. The fraction of sp³-hybridized carbons (Fsp3) is 0.650. The summed E-state index contributed by atoms with van der Waals surface area (Å²) in [6.45, 7) is 8.27. The van der Waals surface area contributed by atoms with Crippen LogP contribution in [0.4, 0.5) is 5.69 Å². The number of ether oxygens (including phenoxy) is 3. The third-order valence-corrected chi connectivity index (χ3v) is 5.21. The van der Waals surface area contributed by atoms with Crippen molar-refractivity contribution in [3.63, 3.8) is 0 Å². The number of amides is 1. The molecule has 1 aromatic rings. The van der Waals surface area contributed by atoms with Gasteiger partial charge in [0.25, 0.3) is 5.91 Å². The van der Waals surface area contributed by atoms with E-state index in [2.05, 4.69) is 32.9 Å². The summed E-state index contributed by atoms with van der Waals surface area (Å²) in [4.78, 5) is 15.0. The molecule has 0 radical (unpaired) electrons. The van der Waals surface area contributed by atoms with Gasteiger partial charge in [-0.1, -0.05) is 12.1 Å². The smallest absolute Gasteiger partial charge is 0.253 e. The largest absolute Gasteiger partial charge is 0.379 e. The average molecular weight is 347 g/mol. The van der Waals surface area contributed by atoms with Crippen molar-refractivity contribution in [3.8, 4) is 0 Å². The van der Waals surface area contributed by atoms with E-state index in [1.807, 2.05) is 4.90 Å². The lowest BCUT2D eigenvalue weighted by molar-refractivity contribution is -0.169. The van der Waals surface area contributed by atoms with E-state index < -0.39 is 0 Å². The van der Waals surface area contributed by atoms with Crippen molar-refractivity contribution in [2.45, 2.75) is 58.8 Å². The van der Waals surface area contributed by atoms with Gasteiger partial charge in [0.2, 0.25) is 0 Å². The maximum Gasteiger partial charge on any atom is 0.253 e. The Hall–Kier alpha value is -1.43. The third-order valence-electron chi connectivity index (χ3n) is 5.21. The normalized spacial score (nSPS) is 23.6. The van der Waals surface area contributed by atoms with Gasteiger partial charge in [-0.05, 0) is 63.1 Å². The Kier molecular flexibility index (Phi) is 6.10. The molecule has 0 saturated carbocycles. The van der Waals surface area contributed by atoms with E-state index >= 15 is 0 Å². The first-order valence-electron chi connectivity index (χ1n) is 9.27. The molecule has 2 unspecified atom stereocenters. The highest BCUT2D eigenvalue weighted by Crippen LogP contribution is 2.31. The first kappa shape index (κ1) is 18.4. The van der Waals surface area contributed by atoms with Crippen molar-refractivity contribution in [2.75, 3.05) is 31.3 Å². The van der Waals surface area contributed by atoms with E-state index in [9.17, 15) is 4.79 Å². The van der Waals surface area contributed by atoms with Gasteiger partial charge in [-0.15, -0.1) is 0 Å². The topological polar surface area (TPSA) is 48.0 Å². The van der Waals surface area contributed by atoms with Gasteiger partial charge in [0.15, 0.2) is 6.29 Å². The minimum Gasteiger partial charge on any atom is -0.379 e. The van der Waals surface area contributed by atoms with Crippen molar-refractivity contribution in [1.82, 2.24) is 0 Å². The number of carbonyl (C=O) groups is 1. The Balaban J connectivity index is 1.80. The molecule has 0 aliphatic carbocycles.